The normalized spacial score (nSPS) is 11.2. The van der Waals surface area contributed by atoms with Gasteiger partial charge in [0.25, 0.3) is 0 Å². The summed E-state index contributed by atoms with van der Waals surface area (Å²) < 4.78 is 16.6. The SMILES string of the molecule is Cc1c(CNC(=O)Cn2cccn2)sc2nc(-c3ccc(F)cc3)cn12. The van der Waals surface area contributed by atoms with E-state index in [9.17, 15) is 9.18 Å². The van der Waals surface area contributed by atoms with Gasteiger partial charge >= 0.3 is 0 Å². The lowest BCUT2D eigenvalue weighted by molar-refractivity contribution is -0.122. The first kappa shape index (κ1) is 16.5. The van der Waals surface area contributed by atoms with Crippen LogP contribution < -0.4 is 5.32 Å². The highest BCUT2D eigenvalue weighted by molar-refractivity contribution is 7.17. The Morgan fingerprint density at radius 3 is 2.81 bits per heavy atom. The summed E-state index contributed by atoms with van der Waals surface area (Å²) in [6.07, 6.45) is 5.33. The van der Waals surface area contributed by atoms with E-state index in [0.717, 1.165) is 26.8 Å². The van der Waals surface area contributed by atoms with Crippen molar-refractivity contribution in [3.8, 4) is 11.3 Å². The van der Waals surface area contributed by atoms with E-state index < -0.39 is 0 Å². The van der Waals surface area contributed by atoms with E-state index in [1.165, 1.54) is 23.5 Å². The Bertz CT molecular complexity index is 1050. The Hall–Kier alpha value is -3.00. The van der Waals surface area contributed by atoms with Gasteiger partial charge in [0.1, 0.15) is 12.4 Å². The lowest BCUT2D eigenvalue weighted by Crippen LogP contribution is -2.27. The third-order valence-electron chi connectivity index (χ3n) is 4.10. The molecule has 0 spiro atoms. The molecule has 0 saturated carbocycles. The molecule has 1 amide bonds. The molecule has 0 aliphatic carbocycles. The number of amides is 1. The van der Waals surface area contributed by atoms with Crippen LogP contribution in [0, 0.1) is 12.7 Å². The molecule has 0 bridgehead atoms. The van der Waals surface area contributed by atoms with Crippen molar-refractivity contribution in [3.63, 3.8) is 0 Å². The van der Waals surface area contributed by atoms with Gasteiger partial charge in [-0.05, 0) is 37.3 Å². The second-order valence-electron chi connectivity index (χ2n) is 5.88. The maximum atomic E-state index is 13.1. The zero-order valence-electron chi connectivity index (χ0n) is 14.0. The van der Waals surface area contributed by atoms with E-state index in [4.69, 9.17) is 0 Å². The van der Waals surface area contributed by atoms with E-state index in [1.807, 2.05) is 17.5 Å². The Labute approximate surface area is 152 Å². The first-order valence-electron chi connectivity index (χ1n) is 8.07. The molecule has 0 fully saturated rings. The van der Waals surface area contributed by atoms with Crippen LogP contribution in [0.5, 0.6) is 0 Å². The molecule has 3 aromatic heterocycles. The summed E-state index contributed by atoms with van der Waals surface area (Å²) in [7, 11) is 0. The second-order valence-corrected chi connectivity index (χ2v) is 6.94. The minimum atomic E-state index is -0.265. The quantitative estimate of drug-likeness (QED) is 0.588. The summed E-state index contributed by atoms with van der Waals surface area (Å²) in [6.45, 7) is 2.64. The van der Waals surface area contributed by atoms with Gasteiger partial charge in [0.15, 0.2) is 4.96 Å². The van der Waals surface area contributed by atoms with Crippen LogP contribution in [-0.4, -0.2) is 25.1 Å². The number of nitrogens with one attached hydrogen (secondary N) is 1. The number of aromatic nitrogens is 4. The van der Waals surface area contributed by atoms with Crippen molar-refractivity contribution in [1.29, 1.82) is 0 Å². The molecule has 8 heteroatoms. The van der Waals surface area contributed by atoms with Gasteiger partial charge in [-0.3, -0.25) is 13.9 Å². The number of hydrogen-bond donors (Lipinski definition) is 1. The molecule has 0 aliphatic heterocycles. The van der Waals surface area contributed by atoms with Crippen molar-refractivity contribution in [3.05, 3.63) is 65.3 Å². The van der Waals surface area contributed by atoms with Gasteiger partial charge in [0, 0.05) is 34.7 Å². The lowest BCUT2D eigenvalue weighted by Gasteiger charge is -2.04. The van der Waals surface area contributed by atoms with Gasteiger partial charge in [-0.1, -0.05) is 11.3 Å². The second kappa shape index (κ2) is 6.72. The first-order chi connectivity index (χ1) is 12.6. The van der Waals surface area contributed by atoms with Gasteiger partial charge in [-0.25, -0.2) is 9.37 Å². The maximum absolute atomic E-state index is 13.1. The predicted octanol–water partition coefficient (Wildman–Crippen LogP) is 3.02. The third-order valence-corrected chi connectivity index (χ3v) is 5.26. The minimum Gasteiger partial charge on any atom is -0.350 e. The van der Waals surface area contributed by atoms with Gasteiger partial charge in [-0.15, -0.1) is 0 Å². The fraction of sp³-hybridized carbons (Fsp3) is 0.167. The molecule has 26 heavy (non-hydrogen) atoms. The molecule has 0 unspecified atom stereocenters. The van der Waals surface area contributed by atoms with Gasteiger partial charge in [0.2, 0.25) is 5.91 Å². The Morgan fingerprint density at radius 1 is 1.31 bits per heavy atom. The number of aryl methyl sites for hydroxylation is 1. The van der Waals surface area contributed by atoms with Crippen LogP contribution in [0.15, 0.2) is 48.9 Å². The number of benzene rings is 1. The Balaban J connectivity index is 1.48. The maximum Gasteiger partial charge on any atom is 0.242 e. The highest BCUT2D eigenvalue weighted by atomic mass is 32.1. The molecule has 0 radical (unpaired) electrons. The number of imidazole rings is 1. The highest BCUT2D eigenvalue weighted by Crippen LogP contribution is 2.27. The van der Waals surface area contributed by atoms with Crippen molar-refractivity contribution >= 4 is 22.2 Å². The number of thiazole rings is 1. The highest BCUT2D eigenvalue weighted by Gasteiger charge is 2.13. The molecular weight excluding hydrogens is 353 g/mol. The average molecular weight is 369 g/mol. The van der Waals surface area contributed by atoms with Gasteiger partial charge < -0.3 is 5.32 Å². The number of halogens is 1. The number of carbonyl (C=O) groups excluding carboxylic acids is 1. The minimum absolute atomic E-state index is 0.0915. The molecule has 1 aromatic carbocycles. The summed E-state index contributed by atoms with van der Waals surface area (Å²) >= 11 is 1.53. The molecule has 6 nitrogen and oxygen atoms in total. The molecule has 3 heterocycles. The number of hydrogen-bond acceptors (Lipinski definition) is 4. The molecule has 0 aliphatic rings. The van der Waals surface area contributed by atoms with E-state index >= 15 is 0 Å². The standard InChI is InChI=1S/C18H16FN5OS/c1-12-16(9-20-17(25)11-23-8-2-7-21-23)26-18-22-15(10-24(12)18)13-3-5-14(19)6-4-13/h2-8,10H,9,11H2,1H3,(H,20,25). The molecule has 0 saturated heterocycles. The molecule has 1 N–H and O–H groups in total. The van der Waals surface area contributed by atoms with Crippen LogP contribution in [-0.2, 0) is 17.9 Å². The van der Waals surface area contributed by atoms with Crippen molar-refractivity contribution in [2.45, 2.75) is 20.0 Å². The van der Waals surface area contributed by atoms with Crippen LogP contribution >= 0.6 is 11.3 Å². The first-order valence-corrected chi connectivity index (χ1v) is 8.89. The summed E-state index contributed by atoms with van der Waals surface area (Å²) in [5.41, 5.74) is 2.70. The van der Waals surface area contributed by atoms with E-state index in [2.05, 4.69) is 15.4 Å². The number of nitrogens with zero attached hydrogens (tertiary/aromatic N) is 4. The van der Waals surface area contributed by atoms with Crippen molar-refractivity contribution in [1.82, 2.24) is 24.5 Å². The van der Waals surface area contributed by atoms with Gasteiger partial charge in [-0.2, -0.15) is 5.10 Å². The number of rotatable bonds is 5. The van der Waals surface area contributed by atoms with Crippen molar-refractivity contribution in [2.24, 2.45) is 0 Å². The van der Waals surface area contributed by atoms with Crippen LogP contribution in [0.2, 0.25) is 0 Å². The largest absolute Gasteiger partial charge is 0.350 e. The van der Waals surface area contributed by atoms with E-state index in [-0.39, 0.29) is 18.3 Å². The van der Waals surface area contributed by atoms with Crippen LogP contribution in [0.1, 0.15) is 10.6 Å². The van der Waals surface area contributed by atoms with Crippen LogP contribution in [0.4, 0.5) is 4.39 Å². The van der Waals surface area contributed by atoms with Gasteiger partial charge in [0.05, 0.1) is 12.2 Å². The fourth-order valence-corrected chi connectivity index (χ4v) is 3.74. The zero-order chi connectivity index (χ0) is 18.1. The number of carbonyl (C=O) groups is 1. The predicted molar refractivity (Wildman–Crippen MR) is 97.3 cm³/mol. The third kappa shape index (κ3) is 3.23. The van der Waals surface area contributed by atoms with E-state index in [1.54, 1.807) is 35.3 Å². The zero-order valence-corrected chi connectivity index (χ0v) is 14.8. The molecule has 4 rings (SSSR count). The topological polar surface area (TPSA) is 64.2 Å². The Morgan fingerprint density at radius 2 is 2.12 bits per heavy atom. The van der Waals surface area contributed by atoms with Crippen LogP contribution in [0.25, 0.3) is 16.2 Å². The lowest BCUT2D eigenvalue weighted by atomic mass is 10.2. The average Bonchev–Trinajstić information content (AvgIpc) is 3.33. The van der Waals surface area contributed by atoms with Crippen molar-refractivity contribution in [2.75, 3.05) is 0 Å². The number of fused-ring (bicyclic) bond motifs is 1. The summed E-state index contributed by atoms with van der Waals surface area (Å²) in [5, 5.41) is 6.93. The summed E-state index contributed by atoms with van der Waals surface area (Å²) in [5.74, 6) is -0.356. The smallest absolute Gasteiger partial charge is 0.242 e. The van der Waals surface area contributed by atoms with E-state index in [0.29, 0.717) is 6.54 Å². The summed E-state index contributed by atoms with van der Waals surface area (Å²) in [6, 6.07) is 8.07. The summed E-state index contributed by atoms with van der Waals surface area (Å²) in [4.78, 5) is 18.5. The monoisotopic (exact) mass is 369 g/mol. The molecule has 132 valence electrons. The fourth-order valence-electron chi connectivity index (χ4n) is 2.69. The molecular formula is C18H16FN5OS. The van der Waals surface area contributed by atoms with Crippen LogP contribution in [0.3, 0.4) is 0 Å². The molecule has 0 atom stereocenters. The molecule has 4 aromatic rings. The van der Waals surface area contributed by atoms with Crippen molar-refractivity contribution < 1.29 is 9.18 Å². The Kier molecular flexibility index (Phi) is 4.26.